The zero-order chi connectivity index (χ0) is 27.3. The van der Waals surface area contributed by atoms with Gasteiger partial charge in [-0.05, 0) is 61.9 Å². The molecule has 11 heteroatoms. The number of amides is 3. The van der Waals surface area contributed by atoms with E-state index in [1.165, 1.54) is 13.4 Å². The Balaban J connectivity index is 0.00000235. The van der Waals surface area contributed by atoms with Gasteiger partial charge >= 0.3 is 6.03 Å². The second-order valence-corrected chi connectivity index (χ2v) is 7.38. The van der Waals surface area contributed by atoms with Gasteiger partial charge in [0, 0.05) is 25.6 Å². The molecule has 0 radical (unpaired) electrons. The Hall–Kier alpha value is -4.25. The largest absolute Gasteiger partial charge is 0.470 e. The van der Waals surface area contributed by atoms with E-state index < -0.39 is 17.5 Å². The topological polar surface area (TPSA) is 142 Å². The summed E-state index contributed by atoms with van der Waals surface area (Å²) in [5, 5.41) is 12.0. The third-order valence-corrected chi connectivity index (χ3v) is 5.00. The van der Waals surface area contributed by atoms with Crippen LogP contribution in [0.4, 0.5) is 4.79 Å². The maximum Gasteiger partial charge on any atom is 0.321 e. The number of carbonyl (C=O) groups excluding carboxylic acids is 3. The van der Waals surface area contributed by atoms with Gasteiger partial charge in [0.25, 0.3) is 5.91 Å². The summed E-state index contributed by atoms with van der Waals surface area (Å²) in [5.41, 5.74) is -0.268. The van der Waals surface area contributed by atoms with Crippen LogP contribution in [-0.4, -0.2) is 54.3 Å². The van der Waals surface area contributed by atoms with Crippen LogP contribution in [0, 0.1) is 6.92 Å². The van der Waals surface area contributed by atoms with Gasteiger partial charge in [0.05, 0.1) is 6.61 Å². The van der Waals surface area contributed by atoms with Crippen molar-refractivity contribution in [3.05, 3.63) is 54.4 Å². The van der Waals surface area contributed by atoms with Crippen molar-refractivity contribution in [3.8, 4) is 28.7 Å². The molecule has 0 saturated heterocycles. The molecule has 2 N–H and O–H groups in total. The minimum absolute atomic E-state index is 0.0799. The molecular formula is C26H32N4O7. The lowest BCUT2D eigenvalue weighted by atomic mass is 10.0. The van der Waals surface area contributed by atoms with Crippen LogP contribution in [0.25, 0.3) is 11.5 Å². The summed E-state index contributed by atoms with van der Waals surface area (Å²) < 4.78 is 22.2. The average molecular weight is 513 g/mol. The van der Waals surface area contributed by atoms with Gasteiger partial charge in [-0.3, -0.25) is 14.9 Å². The van der Waals surface area contributed by atoms with Gasteiger partial charge in [0.15, 0.2) is 6.29 Å². The predicted molar refractivity (Wildman–Crippen MR) is 135 cm³/mol. The highest BCUT2D eigenvalue weighted by Crippen LogP contribution is 2.30. The first-order valence-corrected chi connectivity index (χ1v) is 11.8. The van der Waals surface area contributed by atoms with Crippen molar-refractivity contribution in [3.63, 3.8) is 0 Å². The van der Waals surface area contributed by atoms with E-state index in [4.69, 9.17) is 18.6 Å². The first-order chi connectivity index (χ1) is 17.9. The smallest absolute Gasteiger partial charge is 0.321 e. The van der Waals surface area contributed by atoms with Crippen molar-refractivity contribution in [2.75, 3.05) is 20.3 Å². The Bertz CT molecular complexity index is 1150. The molecule has 0 fully saturated rings. The highest BCUT2D eigenvalue weighted by molar-refractivity contribution is 6.07. The van der Waals surface area contributed by atoms with Crippen LogP contribution in [-0.2, 0) is 14.3 Å². The molecule has 0 saturated carbocycles. The number of hydrogen-bond acceptors (Lipinski definition) is 9. The Morgan fingerprint density at radius 1 is 1.08 bits per heavy atom. The summed E-state index contributed by atoms with van der Waals surface area (Å²) in [6.07, 6.45) is 1.54. The number of aryl methyl sites for hydroxylation is 1. The van der Waals surface area contributed by atoms with E-state index >= 15 is 0 Å². The van der Waals surface area contributed by atoms with Crippen LogP contribution in [0.5, 0.6) is 17.2 Å². The second-order valence-electron chi connectivity index (χ2n) is 7.38. The van der Waals surface area contributed by atoms with E-state index in [1.54, 1.807) is 37.3 Å². The molecule has 1 heterocycles. The molecule has 3 rings (SSSR count). The number of aromatic nitrogens is 2. The number of aldehydes is 1. The lowest BCUT2D eigenvalue weighted by molar-refractivity contribution is -0.143. The van der Waals surface area contributed by atoms with Crippen molar-refractivity contribution < 1.29 is 33.0 Å². The fraction of sp³-hybridized carbons (Fsp3) is 0.346. The van der Waals surface area contributed by atoms with Gasteiger partial charge in [-0.2, -0.15) is 0 Å². The standard InChI is InChI=1S/C24H26N4O7.C2H6/c1-4-32-12-11-24(14-29,22(30)27-23(31)25-3)35-18-7-5-17(6-8-18)34-19-9-10-20(16(2)13-19)21-28-26-15-33-21;1-2/h5-10,13-15H,4,11-12H2,1-3H3,(H2,25,27,30,31);1-2H3. The quantitative estimate of drug-likeness (QED) is 0.221. The Morgan fingerprint density at radius 2 is 1.76 bits per heavy atom. The van der Waals surface area contributed by atoms with E-state index in [2.05, 4.69) is 20.8 Å². The molecule has 0 bridgehead atoms. The van der Waals surface area contributed by atoms with Crippen LogP contribution in [0.1, 0.15) is 32.8 Å². The van der Waals surface area contributed by atoms with E-state index in [9.17, 15) is 14.4 Å². The molecule has 37 heavy (non-hydrogen) atoms. The number of ether oxygens (including phenoxy) is 3. The van der Waals surface area contributed by atoms with Gasteiger partial charge in [-0.1, -0.05) is 13.8 Å². The average Bonchev–Trinajstić information content (AvgIpc) is 3.45. The lowest BCUT2D eigenvalue weighted by Crippen LogP contribution is -2.56. The molecule has 0 aliphatic carbocycles. The molecule has 1 unspecified atom stereocenters. The summed E-state index contributed by atoms with van der Waals surface area (Å²) in [6.45, 7) is 8.16. The third-order valence-electron chi connectivity index (χ3n) is 5.00. The third kappa shape index (κ3) is 7.87. The van der Waals surface area contributed by atoms with Gasteiger partial charge < -0.3 is 23.9 Å². The molecule has 198 valence electrons. The summed E-state index contributed by atoms with van der Waals surface area (Å²) in [7, 11) is 1.35. The summed E-state index contributed by atoms with van der Waals surface area (Å²) in [5.74, 6) is 0.838. The molecule has 3 amide bonds. The van der Waals surface area contributed by atoms with E-state index in [1.807, 2.05) is 32.9 Å². The van der Waals surface area contributed by atoms with Crippen molar-refractivity contribution in [2.24, 2.45) is 0 Å². The number of nitrogens with one attached hydrogen (secondary N) is 2. The molecule has 1 aromatic heterocycles. The Morgan fingerprint density at radius 3 is 2.32 bits per heavy atom. The monoisotopic (exact) mass is 512 g/mol. The van der Waals surface area contributed by atoms with Gasteiger partial charge in [-0.25, -0.2) is 4.79 Å². The zero-order valence-corrected chi connectivity index (χ0v) is 21.6. The van der Waals surface area contributed by atoms with E-state index in [0.29, 0.717) is 30.3 Å². The molecule has 0 aliphatic rings. The number of carbonyl (C=O) groups is 3. The van der Waals surface area contributed by atoms with Crippen molar-refractivity contribution in [1.29, 1.82) is 0 Å². The minimum atomic E-state index is -1.95. The molecular weight excluding hydrogens is 480 g/mol. The minimum Gasteiger partial charge on any atom is -0.470 e. The van der Waals surface area contributed by atoms with Gasteiger partial charge in [0.2, 0.25) is 17.9 Å². The Kier molecular flexibility index (Phi) is 11.2. The highest BCUT2D eigenvalue weighted by atomic mass is 16.5. The van der Waals surface area contributed by atoms with Gasteiger partial charge in [-0.15, -0.1) is 10.2 Å². The van der Waals surface area contributed by atoms with Crippen molar-refractivity contribution in [1.82, 2.24) is 20.8 Å². The van der Waals surface area contributed by atoms with Crippen molar-refractivity contribution in [2.45, 2.75) is 39.7 Å². The fourth-order valence-corrected chi connectivity index (χ4v) is 3.14. The molecule has 3 aromatic rings. The molecule has 0 spiro atoms. The highest BCUT2D eigenvalue weighted by Gasteiger charge is 2.41. The fourth-order valence-electron chi connectivity index (χ4n) is 3.14. The summed E-state index contributed by atoms with van der Waals surface area (Å²) >= 11 is 0. The lowest BCUT2D eigenvalue weighted by Gasteiger charge is -2.27. The summed E-state index contributed by atoms with van der Waals surface area (Å²) in [6, 6.07) is 11.0. The SMILES string of the molecule is CC.CCOCCC(C=O)(Oc1ccc(Oc2ccc(-c3nnco3)c(C)c2)cc1)C(=O)NC(=O)NC. The van der Waals surface area contributed by atoms with E-state index in [-0.39, 0.29) is 18.8 Å². The van der Waals surface area contributed by atoms with Crippen molar-refractivity contribution >= 4 is 18.2 Å². The first-order valence-electron chi connectivity index (χ1n) is 11.8. The van der Waals surface area contributed by atoms with Crippen LogP contribution in [0.15, 0.2) is 53.3 Å². The Labute approximate surface area is 215 Å². The number of imide groups is 1. The number of hydrogen-bond donors (Lipinski definition) is 2. The number of benzene rings is 2. The molecule has 11 nitrogen and oxygen atoms in total. The van der Waals surface area contributed by atoms with Crippen LogP contribution >= 0.6 is 0 Å². The van der Waals surface area contributed by atoms with E-state index in [0.717, 1.165) is 11.1 Å². The maximum atomic E-state index is 12.7. The number of rotatable bonds is 11. The van der Waals surface area contributed by atoms with Gasteiger partial charge in [0.1, 0.15) is 17.2 Å². The van der Waals surface area contributed by atoms with Crippen LogP contribution in [0.2, 0.25) is 0 Å². The molecule has 0 aliphatic heterocycles. The molecule has 1 atom stereocenters. The van der Waals surface area contributed by atoms with Crippen LogP contribution in [0.3, 0.4) is 0 Å². The number of urea groups is 1. The second kappa shape index (κ2) is 14.3. The molecule has 2 aromatic carbocycles. The summed E-state index contributed by atoms with van der Waals surface area (Å²) in [4.78, 5) is 36.3. The zero-order valence-electron chi connectivity index (χ0n) is 21.6. The predicted octanol–water partition coefficient (Wildman–Crippen LogP) is 4.06. The normalized spacial score (nSPS) is 11.8. The number of nitrogens with zero attached hydrogens (tertiary/aromatic N) is 2. The maximum absolute atomic E-state index is 12.7. The van der Waals surface area contributed by atoms with Crippen LogP contribution < -0.4 is 20.1 Å². The first kappa shape index (κ1) is 29.0.